The molecule has 1 heterocycles. The number of anilines is 2. The predicted octanol–water partition coefficient (Wildman–Crippen LogP) is 2.39. The highest BCUT2D eigenvalue weighted by atomic mass is 32.2. The van der Waals surface area contributed by atoms with Crippen LogP contribution in [0.5, 0.6) is 0 Å². The van der Waals surface area contributed by atoms with Crippen molar-refractivity contribution < 1.29 is 13.2 Å². The molecule has 1 amide bonds. The number of rotatable bonds is 3. The third-order valence-electron chi connectivity index (χ3n) is 3.94. The zero-order chi connectivity index (χ0) is 16.4. The number of carbonyl (C=O) groups excluding carboxylic acids is 1. The lowest BCUT2D eigenvalue weighted by Gasteiger charge is -2.25. The van der Waals surface area contributed by atoms with Crippen molar-refractivity contribution in [3.8, 4) is 0 Å². The molecule has 120 valence electrons. The summed E-state index contributed by atoms with van der Waals surface area (Å²) < 4.78 is 27.1. The van der Waals surface area contributed by atoms with Crippen LogP contribution >= 0.6 is 0 Å². The van der Waals surface area contributed by atoms with E-state index in [1.165, 1.54) is 9.21 Å². The number of sulfonamides is 1. The topological polar surface area (TPSA) is 57.7 Å². The van der Waals surface area contributed by atoms with Gasteiger partial charge in [0.1, 0.15) is 0 Å². The molecule has 1 aliphatic rings. The molecule has 6 heteroatoms. The second kappa shape index (κ2) is 6.04. The van der Waals surface area contributed by atoms with Crippen LogP contribution in [0.25, 0.3) is 0 Å². The molecule has 2 aromatic carbocycles. The highest BCUT2D eigenvalue weighted by molar-refractivity contribution is 7.92. The van der Waals surface area contributed by atoms with Gasteiger partial charge in [-0.2, -0.15) is 0 Å². The summed E-state index contributed by atoms with van der Waals surface area (Å²) in [6, 6.07) is 16.2. The number of hydrogen-bond donors (Lipinski definition) is 0. The van der Waals surface area contributed by atoms with Crippen molar-refractivity contribution in [1.82, 2.24) is 0 Å². The molecule has 0 fully saturated rings. The first-order valence-corrected chi connectivity index (χ1v) is 9.00. The number of benzene rings is 2. The number of para-hydroxylation sites is 2. The number of fused-ring (bicyclic) bond motifs is 1. The Hall–Kier alpha value is -2.34. The summed E-state index contributed by atoms with van der Waals surface area (Å²) in [7, 11) is -1.89. The predicted molar refractivity (Wildman–Crippen MR) is 90.9 cm³/mol. The Morgan fingerprint density at radius 1 is 0.957 bits per heavy atom. The standard InChI is InChI=1S/C17H18N2O3S/c1-18-15-9-5-6-10-16(15)19(12-11-17(18)20)23(21,22)13-14-7-3-2-4-8-14/h2-10H,11-13H2,1H3. The molecular weight excluding hydrogens is 312 g/mol. The van der Waals surface area contributed by atoms with Crippen molar-refractivity contribution in [2.75, 3.05) is 22.8 Å². The molecule has 0 aromatic heterocycles. The van der Waals surface area contributed by atoms with Gasteiger partial charge in [-0.15, -0.1) is 0 Å². The highest BCUT2D eigenvalue weighted by Gasteiger charge is 2.30. The fourth-order valence-electron chi connectivity index (χ4n) is 2.73. The quantitative estimate of drug-likeness (QED) is 0.868. The van der Waals surface area contributed by atoms with Gasteiger partial charge in [-0.25, -0.2) is 8.42 Å². The van der Waals surface area contributed by atoms with Crippen LogP contribution in [0, 0.1) is 0 Å². The van der Waals surface area contributed by atoms with Crippen LogP contribution < -0.4 is 9.21 Å². The molecule has 0 atom stereocenters. The fourth-order valence-corrected chi connectivity index (χ4v) is 4.32. The van der Waals surface area contributed by atoms with Gasteiger partial charge in [-0.05, 0) is 17.7 Å². The first-order chi connectivity index (χ1) is 11.0. The summed E-state index contributed by atoms with van der Waals surface area (Å²) in [4.78, 5) is 13.6. The molecule has 5 nitrogen and oxygen atoms in total. The largest absolute Gasteiger partial charge is 0.313 e. The summed E-state index contributed by atoms with van der Waals surface area (Å²) in [5, 5.41) is 0. The van der Waals surface area contributed by atoms with E-state index in [1.807, 2.05) is 18.2 Å². The third kappa shape index (κ3) is 3.07. The molecule has 3 rings (SSSR count). The summed E-state index contributed by atoms with van der Waals surface area (Å²) in [5.74, 6) is -0.171. The Labute approximate surface area is 136 Å². The lowest BCUT2D eigenvalue weighted by Crippen LogP contribution is -2.33. The van der Waals surface area contributed by atoms with Gasteiger partial charge in [0.15, 0.2) is 0 Å². The number of nitrogens with zero attached hydrogens (tertiary/aromatic N) is 2. The van der Waals surface area contributed by atoms with E-state index in [0.717, 1.165) is 5.56 Å². The van der Waals surface area contributed by atoms with E-state index in [2.05, 4.69) is 0 Å². The molecule has 2 aromatic rings. The number of amides is 1. The van der Waals surface area contributed by atoms with Crippen molar-refractivity contribution in [2.45, 2.75) is 12.2 Å². The zero-order valence-corrected chi connectivity index (χ0v) is 13.7. The highest BCUT2D eigenvalue weighted by Crippen LogP contribution is 2.34. The maximum Gasteiger partial charge on any atom is 0.239 e. The second-order valence-corrected chi connectivity index (χ2v) is 7.40. The molecular formula is C17H18N2O3S. The molecule has 0 saturated heterocycles. The van der Waals surface area contributed by atoms with Crippen molar-refractivity contribution in [3.63, 3.8) is 0 Å². The Morgan fingerprint density at radius 3 is 2.26 bits per heavy atom. The van der Waals surface area contributed by atoms with Gasteiger partial charge in [0.2, 0.25) is 15.9 Å². The van der Waals surface area contributed by atoms with Gasteiger partial charge in [-0.3, -0.25) is 9.10 Å². The average Bonchev–Trinajstić information content (AvgIpc) is 2.66. The van der Waals surface area contributed by atoms with Crippen molar-refractivity contribution in [3.05, 3.63) is 60.2 Å². The van der Waals surface area contributed by atoms with Crippen LogP contribution in [0.3, 0.4) is 0 Å². The first-order valence-electron chi connectivity index (χ1n) is 7.39. The number of carbonyl (C=O) groups is 1. The van der Waals surface area contributed by atoms with Crippen LogP contribution in [-0.4, -0.2) is 27.9 Å². The second-order valence-electron chi connectivity index (χ2n) is 5.51. The fraction of sp³-hybridized carbons (Fsp3) is 0.235. The normalized spacial score (nSPS) is 15.3. The third-order valence-corrected chi connectivity index (χ3v) is 5.69. The lowest BCUT2D eigenvalue weighted by molar-refractivity contribution is -0.118. The van der Waals surface area contributed by atoms with Gasteiger partial charge in [0.05, 0.1) is 17.1 Å². The monoisotopic (exact) mass is 330 g/mol. The van der Waals surface area contributed by atoms with E-state index in [1.54, 1.807) is 43.4 Å². The minimum Gasteiger partial charge on any atom is -0.313 e. The van der Waals surface area contributed by atoms with Gasteiger partial charge < -0.3 is 4.90 Å². The molecule has 23 heavy (non-hydrogen) atoms. The molecule has 0 N–H and O–H groups in total. The van der Waals surface area contributed by atoms with Crippen molar-refractivity contribution >= 4 is 27.3 Å². The van der Waals surface area contributed by atoms with E-state index in [-0.39, 0.29) is 24.6 Å². The summed E-state index contributed by atoms with van der Waals surface area (Å²) in [6.07, 6.45) is 0.166. The van der Waals surface area contributed by atoms with Gasteiger partial charge >= 0.3 is 0 Å². The molecule has 0 aliphatic carbocycles. The van der Waals surface area contributed by atoms with E-state index < -0.39 is 10.0 Å². The van der Waals surface area contributed by atoms with Crippen LogP contribution in [0.4, 0.5) is 11.4 Å². The molecule has 0 radical (unpaired) electrons. The molecule has 1 aliphatic heterocycles. The smallest absolute Gasteiger partial charge is 0.239 e. The van der Waals surface area contributed by atoms with Crippen LogP contribution in [-0.2, 0) is 20.6 Å². The van der Waals surface area contributed by atoms with Gasteiger partial charge in [0.25, 0.3) is 0 Å². The van der Waals surface area contributed by atoms with Gasteiger partial charge in [-0.1, -0.05) is 42.5 Å². The Morgan fingerprint density at radius 2 is 1.57 bits per heavy atom. The van der Waals surface area contributed by atoms with Crippen LogP contribution in [0.2, 0.25) is 0 Å². The maximum atomic E-state index is 12.9. The Kier molecular flexibility index (Phi) is 4.09. The Balaban J connectivity index is 2.01. The van der Waals surface area contributed by atoms with E-state index in [4.69, 9.17) is 0 Å². The molecule has 0 saturated carbocycles. The first kappa shape index (κ1) is 15.6. The average molecular weight is 330 g/mol. The zero-order valence-electron chi connectivity index (χ0n) is 12.8. The van der Waals surface area contributed by atoms with E-state index in [0.29, 0.717) is 11.4 Å². The summed E-state index contributed by atoms with van der Waals surface area (Å²) in [6.45, 7) is 0.162. The SMILES string of the molecule is CN1C(=O)CCN(S(=O)(=O)Cc2ccccc2)c2ccccc21. The summed E-state index contributed by atoms with van der Waals surface area (Å²) >= 11 is 0. The summed E-state index contributed by atoms with van der Waals surface area (Å²) in [5.41, 5.74) is 1.90. The van der Waals surface area contributed by atoms with Crippen molar-refractivity contribution in [1.29, 1.82) is 0 Å². The lowest BCUT2D eigenvalue weighted by atomic mass is 10.2. The van der Waals surface area contributed by atoms with Crippen LogP contribution in [0.15, 0.2) is 54.6 Å². The number of hydrogen-bond acceptors (Lipinski definition) is 3. The molecule has 0 bridgehead atoms. The van der Waals surface area contributed by atoms with Gasteiger partial charge in [0, 0.05) is 20.0 Å². The van der Waals surface area contributed by atoms with E-state index in [9.17, 15) is 13.2 Å². The molecule has 0 spiro atoms. The Bertz CT molecular complexity index is 819. The van der Waals surface area contributed by atoms with Crippen LogP contribution in [0.1, 0.15) is 12.0 Å². The minimum absolute atomic E-state index is 0.0833. The van der Waals surface area contributed by atoms with E-state index >= 15 is 0 Å². The molecule has 0 unspecified atom stereocenters. The minimum atomic E-state index is -3.57. The van der Waals surface area contributed by atoms with Crippen molar-refractivity contribution in [2.24, 2.45) is 0 Å². The maximum absolute atomic E-state index is 12.9.